The standard InChI is InChI=1S/C16H23NO2/c1-12-4-5-13(2)14(10-12)17-8-6-16(3,7-9-17)11-15(18)19/h4-5,10H,6-9,11H2,1-3H3,(H,18,19). The second kappa shape index (κ2) is 5.24. The Bertz CT molecular complexity index is 474. The van der Waals surface area contributed by atoms with Crippen LogP contribution in [0.3, 0.4) is 0 Å². The highest BCUT2D eigenvalue weighted by Gasteiger charge is 2.32. The molecule has 0 atom stereocenters. The molecule has 0 unspecified atom stereocenters. The van der Waals surface area contributed by atoms with Gasteiger partial charge in [-0.2, -0.15) is 0 Å². The van der Waals surface area contributed by atoms with Crippen molar-refractivity contribution in [2.75, 3.05) is 18.0 Å². The van der Waals surface area contributed by atoms with Crippen LogP contribution in [0.5, 0.6) is 0 Å². The fraction of sp³-hybridized carbons (Fsp3) is 0.562. The lowest BCUT2D eigenvalue weighted by Crippen LogP contribution is -2.40. The van der Waals surface area contributed by atoms with Crippen molar-refractivity contribution in [2.45, 2.75) is 40.0 Å². The molecule has 0 amide bonds. The van der Waals surface area contributed by atoms with Crippen LogP contribution in [0.25, 0.3) is 0 Å². The number of piperidine rings is 1. The van der Waals surface area contributed by atoms with Crippen LogP contribution in [0.2, 0.25) is 0 Å². The second-order valence-electron chi connectivity index (χ2n) is 6.16. The summed E-state index contributed by atoms with van der Waals surface area (Å²) in [5, 5.41) is 8.98. The lowest BCUT2D eigenvalue weighted by Gasteiger charge is -2.40. The van der Waals surface area contributed by atoms with Gasteiger partial charge in [0.2, 0.25) is 0 Å². The Hall–Kier alpha value is -1.51. The molecule has 1 N–H and O–H groups in total. The summed E-state index contributed by atoms with van der Waals surface area (Å²) in [7, 11) is 0. The van der Waals surface area contributed by atoms with E-state index in [1.807, 2.05) is 0 Å². The van der Waals surface area contributed by atoms with E-state index in [0.717, 1.165) is 25.9 Å². The molecule has 0 aromatic heterocycles. The number of nitrogens with zero attached hydrogens (tertiary/aromatic N) is 1. The lowest BCUT2D eigenvalue weighted by atomic mass is 9.77. The van der Waals surface area contributed by atoms with Crippen molar-refractivity contribution in [3.63, 3.8) is 0 Å². The lowest BCUT2D eigenvalue weighted by molar-refractivity contribution is -0.139. The molecule has 0 bridgehead atoms. The molecule has 104 valence electrons. The molecule has 3 heteroatoms. The molecule has 1 aromatic rings. The fourth-order valence-corrected chi connectivity index (χ4v) is 2.89. The van der Waals surface area contributed by atoms with Crippen molar-refractivity contribution >= 4 is 11.7 Å². The third kappa shape index (κ3) is 3.28. The van der Waals surface area contributed by atoms with Gasteiger partial charge >= 0.3 is 5.97 Å². The van der Waals surface area contributed by atoms with Crippen molar-refractivity contribution in [1.82, 2.24) is 0 Å². The largest absolute Gasteiger partial charge is 0.481 e. The van der Waals surface area contributed by atoms with Gasteiger partial charge in [0.15, 0.2) is 0 Å². The predicted octanol–water partition coefficient (Wildman–Crippen LogP) is 3.38. The molecular formula is C16H23NO2. The molecule has 0 radical (unpaired) electrons. The highest BCUT2D eigenvalue weighted by Crippen LogP contribution is 2.36. The average Bonchev–Trinajstić information content (AvgIpc) is 2.32. The van der Waals surface area contributed by atoms with Gasteiger partial charge in [0, 0.05) is 18.8 Å². The maximum Gasteiger partial charge on any atom is 0.303 e. The molecular weight excluding hydrogens is 238 g/mol. The number of carboxylic acids is 1. The van der Waals surface area contributed by atoms with E-state index in [9.17, 15) is 4.79 Å². The van der Waals surface area contributed by atoms with E-state index in [4.69, 9.17) is 5.11 Å². The molecule has 1 saturated heterocycles. The van der Waals surface area contributed by atoms with Crippen LogP contribution in [0.4, 0.5) is 5.69 Å². The quantitative estimate of drug-likeness (QED) is 0.906. The summed E-state index contributed by atoms with van der Waals surface area (Å²) in [4.78, 5) is 13.3. The van der Waals surface area contributed by atoms with Crippen LogP contribution in [-0.2, 0) is 4.79 Å². The number of carboxylic acid groups (broad SMARTS) is 1. The Morgan fingerprint density at radius 1 is 1.32 bits per heavy atom. The molecule has 19 heavy (non-hydrogen) atoms. The van der Waals surface area contributed by atoms with Crippen molar-refractivity contribution in [3.05, 3.63) is 29.3 Å². The number of rotatable bonds is 3. The predicted molar refractivity (Wildman–Crippen MR) is 77.7 cm³/mol. The van der Waals surface area contributed by atoms with Gasteiger partial charge in [-0.3, -0.25) is 4.79 Å². The molecule has 1 aliphatic heterocycles. The highest BCUT2D eigenvalue weighted by atomic mass is 16.4. The molecule has 1 aromatic carbocycles. The third-order valence-electron chi connectivity index (χ3n) is 4.25. The number of anilines is 1. The SMILES string of the molecule is Cc1ccc(C)c(N2CCC(C)(CC(=O)O)CC2)c1. The Labute approximate surface area is 115 Å². The summed E-state index contributed by atoms with van der Waals surface area (Å²) in [6.07, 6.45) is 2.19. The van der Waals surface area contributed by atoms with Gasteiger partial charge in [-0.05, 0) is 49.3 Å². The first-order valence-electron chi connectivity index (χ1n) is 6.94. The topological polar surface area (TPSA) is 40.5 Å². The fourth-order valence-electron chi connectivity index (χ4n) is 2.89. The van der Waals surface area contributed by atoms with E-state index in [1.165, 1.54) is 16.8 Å². The summed E-state index contributed by atoms with van der Waals surface area (Å²) in [5.74, 6) is -0.678. The summed E-state index contributed by atoms with van der Waals surface area (Å²) in [6, 6.07) is 6.53. The Balaban J connectivity index is 2.07. The first-order valence-corrected chi connectivity index (χ1v) is 6.94. The number of carbonyl (C=O) groups is 1. The molecule has 1 fully saturated rings. The highest BCUT2D eigenvalue weighted by molar-refractivity contribution is 5.67. The Kier molecular flexibility index (Phi) is 3.83. The van der Waals surface area contributed by atoms with Crippen LogP contribution >= 0.6 is 0 Å². The molecule has 0 aliphatic carbocycles. The van der Waals surface area contributed by atoms with Gasteiger partial charge in [-0.25, -0.2) is 0 Å². The maximum atomic E-state index is 10.9. The van der Waals surface area contributed by atoms with E-state index in [2.05, 4.69) is 43.9 Å². The minimum atomic E-state index is -0.678. The summed E-state index contributed by atoms with van der Waals surface area (Å²) in [5.41, 5.74) is 3.84. The van der Waals surface area contributed by atoms with E-state index < -0.39 is 5.97 Å². The van der Waals surface area contributed by atoms with Crippen LogP contribution in [0.1, 0.15) is 37.3 Å². The van der Waals surface area contributed by atoms with Gasteiger partial charge in [0.25, 0.3) is 0 Å². The van der Waals surface area contributed by atoms with Gasteiger partial charge < -0.3 is 10.0 Å². The van der Waals surface area contributed by atoms with Crippen LogP contribution in [0.15, 0.2) is 18.2 Å². The number of aryl methyl sites for hydroxylation is 2. The zero-order valence-corrected chi connectivity index (χ0v) is 12.1. The van der Waals surface area contributed by atoms with E-state index in [-0.39, 0.29) is 11.8 Å². The zero-order chi connectivity index (χ0) is 14.0. The smallest absolute Gasteiger partial charge is 0.303 e. The van der Waals surface area contributed by atoms with E-state index in [1.54, 1.807) is 0 Å². The third-order valence-corrected chi connectivity index (χ3v) is 4.25. The minimum absolute atomic E-state index is 0.0416. The van der Waals surface area contributed by atoms with Crippen LogP contribution in [-0.4, -0.2) is 24.2 Å². The summed E-state index contributed by atoms with van der Waals surface area (Å²) in [6.45, 7) is 8.25. The van der Waals surface area contributed by atoms with Crippen molar-refractivity contribution < 1.29 is 9.90 Å². The number of benzene rings is 1. The Morgan fingerprint density at radius 2 is 1.95 bits per heavy atom. The first-order chi connectivity index (χ1) is 8.89. The van der Waals surface area contributed by atoms with Gasteiger partial charge in [-0.15, -0.1) is 0 Å². The van der Waals surface area contributed by atoms with Gasteiger partial charge in [0.05, 0.1) is 6.42 Å². The average molecular weight is 261 g/mol. The van der Waals surface area contributed by atoms with Crippen molar-refractivity contribution in [1.29, 1.82) is 0 Å². The first kappa shape index (κ1) is 13.9. The molecule has 3 nitrogen and oxygen atoms in total. The summed E-state index contributed by atoms with van der Waals surface area (Å²) >= 11 is 0. The number of hydrogen-bond donors (Lipinski definition) is 1. The van der Waals surface area contributed by atoms with Gasteiger partial charge in [-0.1, -0.05) is 19.1 Å². The minimum Gasteiger partial charge on any atom is -0.481 e. The molecule has 1 aliphatic rings. The van der Waals surface area contributed by atoms with Gasteiger partial charge in [0.1, 0.15) is 0 Å². The molecule has 0 spiro atoms. The zero-order valence-electron chi connectivity index (χ0n) is 12.1. The van der Waals surface area contributed by atoms with Crippen molar-refractivity contribution in [2.24, 2.45) is 5.41 Å². The monoisotopic (exact) mass is 261 g/mol. The van der Waals surface area contributed by atoms with Crippen LogP contribution < -0.4 is 4.90 Å². The number of hydrogen-bond acceptors (Lipinski definition) is 2. The van der Waals surface area contributed by atoms with E-state index in [0.29, 0.717) is 0 Å². The number of aliphatic carboxylic acids is 1. The maximum absolute atomic E-state index is 10.9. The molecule has 2 rings (SSSR count). The normalized spacial score (nSPS) is 18.4. The second-order valence-corrected chi connectivity index (χ2v) is 6.16. The van der Waals surface area contributed by atoms with E-state index >= 15 is 0 Å². The molecule has 1 heterocycles. The Morgan fingerprint density at radius 3 is 2.53 bits per heavy atom. The summed E-state index contributed by atoms with van der Waals surface area (Å²) < 4.78 is 0. The van der Waals surface area contributed by atoms with Crippen LogP contribution in [0, 0.1) is 19.3 Å². The van der Waals surface area contributed by atoms with Crippen molar-refractivity contribution in [3.8, 4) is 0 Å². The molecule has 0 saturated carbocycles.